The Labute approximate surface area is 490 Å². The van der Waals surface area contributed by atoms with E-state index in [1.54, 1.807) is 0 Å². The van der Waals surface area contributed by atoms with Gasteiger partial charge in [0.2, 0.25) is 0 Å². The molecule has 79 heavy (non-hydrogen) atoms. The van der Waals surface area contributed by atoms with E-state index in [2.05, 4.69) is 99.8 Å². The Bertz CT molecular complexity index is 1430. The number of unbranched alkanes of at least 4 members (excludes halogenated alkanes) is 37. The van der Waals surface area contributed by atoms with Crippen molar-refractivity contribution < 1.29 is 28.6 Å². The maximum absolute atomic E-state index is 12.9. The predicted octanol–water partition coefficient (Wildman–Crippen LogP) is 23.4. The number of rotatable bonds is 62. The molecule has 0 radical (unpaired) electrons. The minimum Gasteiger partial charge on any atom is -0.462 e. The highest BCUT2D eigenvalue weighted by Crippen LogP contribution is 2.17. The summed E-state index contributed by atoms with van der Waals surface area (Å²) in [5.74, 6) is -0.974. The molecule has 0 aliphatic rings. The first kappa shape index (κ1) is 75.6. The van der Waals surface area contributed by atoms with Crippen LogP contribution >= 0.6 is 0 Å². The molecular formula is C73H128O6. The van der Waals surface area contributed by atoms with E-state index in [4.69, 9.17) is 14.2 Å². The average Bonchev–Trinajstić information content (AvgIpc) is 3.45. The number of hydrogen-bond acceptors (Lipinski definition) is 6. The second-order valence-corrected chi connectivity index (χ2v) is 22.7. The van der Waals surface area contributed by atoms with Crippen LogP contribution in [0.5, 0.6) is 0 Å². The van der Waals surface area contributed by atoms with E-state index in [-0.39, 0.29) is 37.5 Å². The molecule has 0 N–H and O–H groups in total. The predicted molar refractivity (Wildman–Crippen MR) is 344 cm³/mol. The lowest BCUT2D eigenvalue weighted by molar-refractivity contribution is -0.166. The summed E-state index contributed by atoms with van der Waals surface area (Å²) in [4.78, 5) is 38.4. The molecule has 0 saturated heterocycles. The van der Waals surface area contributed by atoms with Gasteiger partial charge in [0.15, 0.2) is 6.10 Å². The van der Waals surface area contributed by atoms with Crippen molar-refractivity contribution in [3.63, 3.8) is 0 Å². The lowest BCUT2D eigenvalue weighted by Gasteiger charge is -2.18. The Kier molecular flexibility index (Phi) is 64.2. The fourth-order valence-electron chi connectivity index (χ4n) is 9.71. The summed E-state index contributed by atoms with van der Waals surface area (Å²) in [6.45, 7) is 6.59. The number of allylic oxidation sites excluding steroid dienone is 14. The van der Waals surface area contributed by atoms with Crippen LogP contribution in [0.15, 0.2) is 85.1 Å². The molecule has 0 fully saturated rings. The Balaban J connectivity index is 4.44. The van der Waals surface area contributed by atoms with Crippen molar-refractivity contribution in [3.05, 3.63) is 85.1 Å². The fraction of sp³-hybridized carbons (Fsp3) is 0.767. The van der Waals surface area contributed by atoms with Crippen molar-refractivity contribution >= 4 is 17.9 Å². The number of carbonyl (C=O) groups excluding carboxylic acids is 3. The summed E-state index contributed by atoms with van der Waals surface area (Å²) in [6.07, 6.45) is 88.9. The average molecular weight is 1100 g/mol. The van der Waals surface area contributed by atoms with Gasteiger partial charge in [-0.05, 0) is 109 Å². The van der Waals surface area contributed by atoms with Crippen LogP contribution in [-0.2, 0) is 28.6 Å². The molecule has 0 amide bonds. The number of esters is 3. The van der Waals surface area contributed by atoms with E-state index < -0.39 is 6.10 Å². The number of carbonyl (C=O) groups is 3. The molecule has 0 aromatic heterocycles. The van der Waals surface area contributed by atoms with Gasteiger partial charge in [-0.15, -0.1) is 0 Å². The summed E-state index contributed by atoms with van der Waals surface area (Å²) in [7, 11) is 0. The third-order valence-corrected chi connectivity index (χ3v) is 14.9. The van der Waals surface area contributed by atoms with Crippen LogP contribution in [0.4, 0.5) is 0 Å². The van der Waals surface area contributed by atoms with Gasteiger partial charge in [-0.1, -0.05) is 298 Å². The van der Waals surface area contributed by atoms with Gasteiger partial charge in [-0.3, -0.25) is 14.4 Å². The van der Waals surface area contributed by atoms with Crippen LogP contribution < -0.4 is 0 Å². The van der Waals surface area contributed by atoms with Gasteiger partial charge in [0.1, 0.15) is 13.2 Å². The van der Waals surface area contributed by atoms with Gasteiger partial charge in [0, 0.05) is 19.3 Å². The normalized spacial score (nSPS) is 12.3. The molecule has 0 aliphatic carbocycles. The summed E-state index contributed by atoms with van der Waals surface area (Å²) < 4.78 is 16.9. The van der Waals surface area contributed by atoms with Gasteiger partial charge >= 0.3 is 17.9 Å². The highest BCUT2D eigenvalue weighted by atomic mass is 16.6. The largest absolute Gasteiger partial charge is 0.462 e. The maximum Gasteiger partial charge on any atom is 0.306 e. The van der Waals surface area contributed by atoms with Crippen LogP contribution in [0.25, 0.3) is 0 Å². The summed E-state index contributed by atoms with van der Waals surface area (Å²) in [6, 6.07) is 0. The Morgan fingerprint density at radius 1 is 0.253 bits per heavy atom. The highest BCUT2D eigenvalue weighted by molar-refractivity contribution is 5.71. The molecule has 0 saturated carbocycles. The molecule has 0 unspecified atom stereocenters. The molecule has 0 rings (SSSR count). The second-order valence-electron chi connectivity index (χ2n) is 22.7. The van der Waals surface area contributed by atoms with Crippen molar-refractivity contribution in [2.75, 3.05) is 13.2 Å². The fourth-order valence-corrected chi connectivity index (χ4v) is 9.71. The highest BCUT2D eigenvalue weighted by Gasteiger charge is 2.19. The summed E-state index contributed by atoms with van der Waals surface area (Å²) in [5.41, 5.74) is 0. The Hall–Kier alpha value is -3.41. The van der Waals surface area contributed by atoms with Gasteiger partial charge < -0.3 is 14.2 Å². The zero-order chi connectivity index (χ0) is 57.1. The minimum atomic E-state index is -0.818. The van der Waals surface area contributed by atoms with Crippen molar-refractivity contribution in [1.29, 1.82) is 0 Å². The van der Waals surface area contributed by atoms with Gasteiger partial charge in [-0.25, -0.2) is 0 Å². The molecule has 0 bridgehead atoms. The van der Waals surface area contributed by atoms with Crippen LogP contribution in [0.1, 0.15) is 342 Å². The first-order valence-corrected chi connectivity index (χ1v) is 34.1. The molecule has 0 aliphatic heterocycles. The van der Waals surface area contributed by atoms with Crippen molar-refractivity contribution in [2.45, 2.75) is 348 Å². The quantitative estimate of drug-likeness (QED) is 0.0261. The number of hydrogen-bond donors (Lipinski definition) is 0. The SMILES string of the molecule is CCCCC/C=C\C/C=C\C/C=C\C/C=C\C/C=C\CCC(=O)OC(COC(=O)CCCCCCCCCCCCC/C=C\CCCCCCCC)COC(=O)CCCCCCCCCCCCC/C=C\CCCCCCCC. The van der Waals surface area contributed by atoms with Crippen LogP contribution in [-0.4, -0.2) is 37.2 Å². The monoisotopic (exact) mass is 1100 g/mol. The molecule has 6 heteroatoms. The van der Waals surface area contributed by atoms with E-state index >= 15 is 0 Å². The molecule has 456 valence electrons. The molecular weight excluding hydrogens is 973 g/mol. The second kappa shape index (κ2) is 67.1. The molecule has 0 heterocycles. The van der Waals surface area contributed by atoms with Gasteiger partial charge in [0.05, 0.1) is 0 Å². The van der Waals surface area contributed by atoms with Crippen LogP contribution in [0.3, 0.4) is 0 Å². The van der Waals surface area contributed by atoms with Crippen LogP contribution in [0.2, 0.25) is 0 Å². The Morgan fingerprint density at radius 2 is 0.481 bits per heavy atom. The third-order valence-electron chi connectivity index (χ3n) is 14.9. The molecule has 0 atom stereocenters. The first-order valence-electron chi connectivity index (χ1n) is 34.1. The third kappa shape index (κ3) is 65.3. The zero-order valence-corrected chi connectivity index (χ0v) is 52.4. The van der Waals surface area contributed by atoms with Crippen LogP contribution in [0, 0.1) is 0 Å². The van der Waals surface area contributed by atoms with Crippen molar-refractivity contribution in [2.24, 2.45) is 0 Å². The van der Waals surface area contributed by atoms with E-state index in [1.165, 1.54) is 231 Å². The minimum absolute atomic E-state index is 0.105. The van der Waals surface area contributed by atoms with E-state index in [9.17, 15) is 14.4 Å². The smallest absolute Gasteiger partial charge is 0.306 e. The van der Waals surface area contributed by atoms with Crippen molar-refractivity contribution in [1.82, 2.24) is 0 Å². The molecule has 0 aromatic rings. The van der Waals surface area contributed by atoms with E-state index in [1.807, 2.05) is 6.08 Å². The topological polar surface area (TPSA) is 78.9 Å². The van der Waals surface area contributed by atoms with Gasteiger partial charge in [0.25, 0.3) is 0 Å². The van der Waals surface area contributed by atoms with Gasteiger partial charge in [-0.2, -0.15) is 0 Å². The molecule has 6 nitrogen and oxygen atoms in total. The molecule has 0 aromatic carbocycles. The summed E-state index contributed by atoms with van der Waals surface area (Å²) in [5, 5.41) is 0. The lowest BCUT2D eigenvalue weighted by atomic mass is 10.0. The Morgan fingerprint density at radius 3 is 0.797 bits per heavy atom. The maximum atomic E-state index is 12.9. The summed E-state index contributed by atoms with van der Waals surface area (Å²) >= 11 is 0. The zero-order valence-electron chi connectivity index (χ0n) is 52.4. The van der Waals surface area contributed by atoms with Crippen molar-refractivity contribution in [3.8, 4) is 0 Å². The number of ether oxygens (including phenoxy) is 3. The van der Waals surface area contributed by atoms with E-state index in [0.29, 0.717) is 19.3 Å². The standard InChI is InChI=1S/C73H128O6/c1-4-7-10-13-16-19-22-25-28-31-34-36-39-41-44-47-50-53-56-59-62-65-71(74)77-68-70(79-73(76)67-64-61-58-55-52-49-46-43-38-33-30-27-24-21-18-15-12-9-6-3)69-78-72(75)66-63-60-57-54-51-48-45-42-40-37-35-32-29-26-23-20-17-14-11-8-5-2/h18,21,25-30,38,43,49,52,58,61,70H,4-17,19-20,22-24,31-37,39-42,44-48,50-51,53-57,59-60,62-69H2,1-3H3/b21-18-,28-25-,29-26-,30-27-,43-38-,52-49-,61-58-. The lowest BCUT2D eigenvalue weighted by Crippen LogP contribution is -2.30. The first-order chi connectivity index (χ1) is 39.0. The van der Waals surface area contributed by atoms with E-state index in [0.717, 1.165) is 64.2 Å². The molecule has 0 spiro atoms.